The van der Waals surface area contributed by atoms with Crippen LogP contribution in [0.4, 0.5) is 0 Å². The normalized spacial score (nSPS) is 42.4. The van der Waals surface area contributed by atoms with Gasteiger partial charge in [-0.1, -0.05) is 19.6 Å². The van der Waals surface area contributed by atoms with Crippen molar-refractivity contribution < 1.29 is 38.5 Å². The van der Waals surface area contributed by atoms with Gasteiger partial charge in [0.2, 0.25) is 0 Å². The Labute approximate surface area is 199 Å². The summed E-state index contributed by atoms with van der Waals surface area (Å²) in [5.74, 6) is -3.16. The van der Waals surface area contributed by atoms with Gasteiger partial charge in [0.15, 0.2) is 11.9 Å². The molecule has 0 radical (unpaired) electrons. The minimum absolute atomic E-state index is 0.151. The Hall–Kier alpha value is -2.74. The van der Waals surface area contributed by atoms with E-state index in [1.54, 1.807) is 34.6 Å². The highest BCUT2D eigenvalue weighted by atomic mass is 16.6. The number of esters is 3. The van der Waals surface area contributed by atoms with E-state index in [-0.39, 0.29) is 12.8 Å². The average Bonchev–Trinajstić information content (AvgIpc) is 2.78. The van der Waals surface area contributed by atoms with Crippen molar-refractivity contribution in [2.75, 3.05) is 7.11 Å². The Balaban J connectivity index is 2.08. The summed E-state index contributed by atoms with van der Waals surface area (Å²) in [6.45, 7) is 13.9. The number of Topliss-reactive ketones (excluding diaryl/α,β-unsaturated/α-hetero) is 1. The number of aliphatic hydroxyl groups is 1. The SMILES string of the molecule is C=C1C2(C)CC3C(C)(O)C4=CC(=O)OC(C)(C)C4=CCC3(C)C1(C(=O)OC)C(OC(C)=O)C2=O. The summed E-state index contributed by atoms with van der Waals surface area (Å²) in [7, 11) is 1.22. The van der Waals surface area contributed by atoms with E-state index in [4.69, 9.17) is 14.2 Å². The Morgan fingerprint density at radius 3 is 2.32 bits per heavy atom. The lowest BCUT2D eigenvalue weighted by Crippen LogP contribution is -2.63. The molecule has 6 unspecified atom stereocenters. The van der Waals surface area contributed by atoms with Crippen molar-refractivity contribution in [2.24, 2.45) is 22.2 Å². The zero-order valence-electron chi connectivity index (χ0n) is 20.7. The van der Waals surface area contributed by atoms with E-state index in [1.807, 2.05) is 6.08 Å². The number of fused-ring (bicyclic) bond motifs is 5. The quantitative estimate of drug-likeness (QED) is 0.370. The molecule has 6 atom stereocenters. The van der Waals surface area contributed by atoms with Gasteiger partial charge in [-0.3, -0.25) is 14.4 Å². The number of allylic oxidation sites excluding steroid dienone is 1. The number of cyclic esters (lactones) is 1. The number of methoxy groups -OCH3 is 1. The van der Waals surface area contributed by atoms with E-state index < -0.39 is 63.2 Å². The van der Waals surface area contributed by atoms with Crippen molar-refractivity contribution in [1.29, 1.82) is 0 Å². The number of ketones is 1. The molecule has 1 aliphatic heterocycles. The zero-order valence-corrected chi connectivity index (χ0v) is 20.7. The van der Waals surface area contributed by atoms with Crippen LogP contribution in [-0.4, -0.2) is 53.2 Å². The van der Waals surface area contributed by atoms with Gasteiger partial charge < -0.3 is 19.3 Å². The summed E-state index contributed by atoms with van der Waals surface area (Å²) in [4.78, 5) is 52.0. The van der Waals surface area contributed by atoms with Gasteiger partial charge >= 0.3 is 17.9 Å². The maximum Gasteiger partial charge on any atom is 0.332 e. The first-order valence-electron chi connectivity index (χ1n) is 11.4. The van der Waals surface area contributed by atoms with Crippen LogP contribution < -0.4 is 0 Å². The number of hydrogen-bond donors (Lipinski definition) is 1. The van der Waals surface area contributed by atoms with Crippen LogP contribution in [0, 0.1) is 22.2 Å². The van der Waals surface area contributed by atoms with Crippen molar-refractivity contribution >= 4 is 23.7 Å². The first-order chi connectivity index (χ1) is 15.5. The standard InChI is InChI=1S/C26H32O8/c1-13-23(5)12-17-24(6,26(13,21(30)32-8)20(19(23)29)33-14(2)27)10-9-15-16(25(17,7)31)11-18(28)34-22(15,3)4/h9,11,17,20,31H,1,10,12H2,2-8H3. The molecule has 0 aromatic carbocycles. The van der Waals surface area contributed by atoms with Crippen LogP contribution >= 0.6 is 0 Å². The van der Waals surface area contributed by atoms with E-state index in [9.17, 15) is 24.3 Å². The minimum atomic E-state index is -1.73. The molecule has 4 aliphatic rings. The number of hydrogen-bond acceptors (Lipinski definition) is 8. The van der Waals surface area contributed by atoms with E-state index in [0.29, 0.717) is 16.7 Å². The summed E-state index contributed by atoms with van der Waals surface area (Å²) < 4.78 is 16.3. The number of carbonyl (C=O) groups excluding carboxylic acids is 4. The molecule has 4 rings (SSSR count). The monoisotopic (exact) mass is 472 g/mol. The van der Waals surface area contributed by atoms with E-state index in [1.165, 1.54) is 20.1 Å². The van der Waals surface area contributed by atoms with Crippen LogP contribution in [0.15, 0.2) is 35.5 Å². The number of carbonyl (C=O) groups is 4. The first kappa shape index (κ1) is 24.4. The molecule has 34 heavy (non-hydrogen) atoms. The summed E-state index contributed by atoms with van der Waals surface area (Å²) in [5.41, 5.74) is -5.43. The molecule has 3 aliphatic carbocycles. The van der Waals surface area contributed by atoms with E-state index >= 15 is 0 Å². The fourth-order valence-electron chi connectivity index (χ4n) is 7.19. The molecular formula is C26H32O8. The molecule has 0 saturated heterocycles. The van der Waals surface area contributed by atoms with Crippen molar-refractivity contribution in [2.45, 2.75) is 71.7 Å². The maximum absolute atomic E-state index is 13.8. The highest BCUT2D eigenvalue weighted by Gasteiger charge is 2.80. The second-order valence-electron chi connectivity index (χ2n) is 11.1. The molecule has 1 heterocycles. The molecule has 2 saturated carbocycles. The highest BCUT2D eigenvalue weighted by molar-refractivity contribution is 6.06. The van der Waals surface area contributed by atoms with Gasteiger partial charge in [-0.2, -0.15) is 0 Å². The summed E-state index contributed by atoms with van der Waals surface area (Å²) >= 11 is 0. The number of ether oxygens (including phenoxy) is 3. The summed E-state index contributed by atoms with van der Waals surface area (Å²) in [6.07, 6.45) is 2.06. The Morgan fingerprint density at radius 2 is 1.76 bits per heavy atom. The summed E-state index contributed by atoms with van der Waals surface area (Å²) in [5, 5.41) is 12.1. The van der Waals surface area contributed by atoms with Gasteiger partial charge in [0.05, 0.1) is 18.1 Å². The van der Waals surface area contributed by atoms with Gasteiger partial charge in [0.1, 0.15) is 11.0 Å². The predicted octanol–water partition coefficient (Wildman–Crippen LogP) is 2.59. The second kappa shape index (κ2) is 6.90. The fourth-order valence-corrected chi connectivity index (χ4v) is 7.19. The Morgan fingerprint density at radius 1 is 1.15 bits per heavy atom. The van der Waals surface area contributed by atoms with Gasteiger partial charge in [-0.05, 0) is 57.3 Å². The Kier molecular flexibility index (Phi) is 4.95. The molecule has 184 valence electrons. The largest absolute Gasteiger partial charge is 0.468 e. The van der Waals surface area contributed by atoms with E-state index in [2.05, 4.69) is 6.58 Å². The maximum atomic E-state index is 13.8. The Bertz CT molecular complexity index is 1110. The van der Waals surface area contributed by atoms with Crippen molar-refractivity contribution in [3.05, 3.63) is 35.5 Å². The first-order valence-corrected chi connectivity index (χ1v) is 11.4. The number of rotatable bonds is 2. The van der Waals surface area contributed by atoms with E-state index in [0.717, 1.165) is 0 Å². The third-order valence-electron chi connectivity index (χ3n) is 8.90. The molecule has 0 aromatic rings. The van der Waals surface area contributed by atoms with Crippen LogP contribution in [0.25, 0.3) is 0 Å². The lowest BCUT2D eigenvalue weighted by molar-refractivity contribution is -0.189. The minimum Gasteiger partial charge on any atom is -0.468 e. The molecule has 0 amide bonds. The van der Waals surface area contributed by atoms with Crippen molar-refractivity contribution in [3.8, 4) is 0 Å². The molecular weight excluding hydrogens is 440 g/mol. The highest BCUT2D eigenvalue weighted by Crippen LogP contribution is 2.73. The molecule has 8 heteroatoms. The molecule has 1 N–H and O–H groups in total. The van der Waals surface area contributed by atoms with Crippen LogP contribution in [0.2, 0.25) is 0 Å². The molecule has 2 fully saturated rings. The second-order valence-corrected chi connectivity index (χ2v) is 11.1. The third kappa shape index (κ3) is 2.63. The molecule has 2 bridgehead atoms. The van der Waals surface area contributed by atoms with Crippen LogP contribution in [0.1, 0.15) is 54.4 Å². The fraction of sp³-hybridized carbons (Fsp3) is 0.615. The van der Waals surface area contributed by atoms with Crippen LogP contribution in [0.3, 0.4) is 0 Å². The van der Waals surface area contributed by atoms with Crippen molar-refractivity contribution in [3.63, 3.8) is 0 Å². The topological polar surface area (TPSA) is 116 Å². The third-order valence-corrected chi connectivity index (χ3v) is 8.90. The predicted molar refractivity (Wildman–Crippen MR) is 120 cm³/mol. The smallest absolute Gasteiger partial charge is 0.332 e. The molecule has 0 aromatic heterocycles. The average molecular weight is 473 g/mol. The molecule has 0 spiro atoms. The zero-order chi connectivity index (χ0) is 25.6. The lowest BCUT2D eigenvalue weighted by Gasteiger charge is -2.58. The summed E-state index contributed by atoms with van der Waals surface area (Å²) in [6, 6.07) is 0. The van der Waals surface area contributed by atoms with Gasteiger partial charge in [0.25, 0.3) is 0 Å². The van der Waals surface area contributed by atoms with Gasteiger partial charge in [-0.25, -0.2) is 4.79 Å². The van der Waals surface area contributed by atoms with Crippen LogP contribution in [-0.2, 0) is 33.4 Å². The lowest BCUT2D eigenvalue weighted by atomic mass is 9.44. The van der Waals surface area contributed by atoms with Gasteiger partial charge in [0, 0.05) is 24.3 Å². The van der Waals surface area contributed by atoms with Gasteiger partial charge in [-0.15, -0.1) is 0 Å². The van der Waals surface area contributed by atoms with Crippen LogP contribution in [0.5, 0.6) is 0 Å². The molecule has 8 nitrogen and oxygen atoms in total. The van der Waals surface area contributed by atoms with Crippen molar-refractivity contribution in [1.82, 2.24) is 0 Å².